The van der Waals surface area contributed by atoms with Crippen molar-refractivity contribution in [3.63, 3.8) is 0 Å². The van der Waals surface area contributed by atoms with Crippen LogP contribution in [0, 0.1) is 0 Å². The average molecular weight is 263 g/mol. The van der Waals surface area contributed by atoms with E-state index in [1.807, 2.05) is 0 Å². The lowest BCUT2D eigenvalue weighted by Crippen LogP contribution is -2.19. The van der Waals surface area contributed by atoms with Crippen LogP contribution in [0.2, 0.25) is 10.0 Å². The van der Waals surface area contributed by atoms with Crippen molar-refractivity contribution in [2.75, 3.05) is 6.61 Å². The fraction of sp³-hybridized carbons (Fsp3) is 0.455. The summed E-state index contributed by atoms with van der Waals surface area (Å²) in [6, 6.07) is 5.18. The molecule has 1 heterocycles. The molecule has 2 rings (SSSR count). The third-order valence-electron chi connectivity index (χ3n) is 2.49. The highest BCUT2D eigenvalue weighted by Gasteiger charge is 2.35. The predicted octanol–water partition coefficient (Wildman–Crippen LogP) is 2.79. The van der Waals surface area contributed by atoms with Crippen molar-refractivity contribution < 1.29 is 14.6 Å². The van der Waals surface area contributed by atoms with E-state index in [1.54, 1.807) is 25.1 Å². The molecule has 88 valence electrons. The number of aliphatic hydroxyl groups excluding tert-OH is 1. The molecule has 3 atom stereocenters. The molecule has 1 N–H and O–H groups in total. The Kier molecular flexibility index (Phi) is 3.72. The summed E-state index contributed by atoms with van der Waals surface area (Å²) in [5, 5.41) is 10.3. The van der Waals surface area contributed by atoms with Gasteiger partial charge in [-0.15, -0.1) is 0 Å². The Morgan fingerprint density at radius 2 is 2.06 bits per heavy atom. The minimum atomic E-state index is -0.381. The molecule has 1 fully saturated rings. The van der Waals surface area contributed by atoms with E-state index in [4.69, 9.17) is 32.7 Å². The zero-order valence-corrected chi connectivity index (χ0v) is 10.2. The standard InChI is InChI=1S/C11H12Cl2O3/c1-6-15-10(5-14)11(16-6)8-3-2-7(12)4-9(8)13/h2-4,6,10-11,14H,5H2,1H3/t6?,10-,11-/m1/s1. The first-order valence-corrected chi connectivity index (χ1v) is 5.74. The Morgan fingerprint density at radius 1 is 1.31 bits per heavy atom. The van der Waals surface area contributed by atoms with E-state index >= 15 is 0 Å². The van der Waals surface area contributed by atoms with Crippen molar-refractivity contribution >= 4 is 23.2 Å². The van der Waals surface area contributed by atoms with Gasteiger partial charge in [0, 0.05) is 15.6 Å². The van der Waals surface area contributed by atoms with E-state index in [1.165, 1.54) is 0 Å². The summed E-state index contributed by atoms with van der Waals surface area (Å²) in [5.41, 5.74) is 0.787. The van der Waals surface area contributed by atoms with Crippen LogP contribution in [0.1, 0.15) is 18.6 Å². The second-order valence-corrected chi connectivity index (χ2v) is 4.49. The Bertz CT molecular complexity index is 383. The van der Waals surface area contributed by atoms with Crippen LogP contribution >= 0.6 is 23.2 Å². The van der Waals surface area contributed by atoms with Gasteiger partial charge in [0.2, 0.25) is 0 Å². The molecule has 0 aliphatic carbocycles. The van der Waals surface area contributed by atoms with Gasteiger partial charge < -0.3 is 14.6 Å². The summed E-state index contributed by atoms with van der Waals surface area (Å²) in [5.74, 6) is 0. The molecule has 16 heavy (non-hydrogen) atoms. The molecular formula is C11H12Cl2O3. The quantitative estimate of drug-likeness (QED) is 0.891. The molecule has 0 bridgehead atoms. The number of ether oxygens (including phenoxy) is 2. The van der Waals surface area contributed by atoms with Gasteiger partial charge in [0.25, 0.3) is 0 Å². The Balaban J connectivity index is 2.29. The molecule has 5 heteroatoms. The van der Waals surface area contributed by atoms with Gasteiger partial charge in [-0.2, -0.15) is 0 Å². The van der Waals surface area contributed by atoms with Crippen LogP contribution in [0.15, 0.2) is 18.2 Å². The molecule has 0 saturated carbocycles. The van der Waals surface area contributed by atoms with Crippen LogP contribution in [0.4, 0.5) is 0 Å². The van der Waals surface area contributed by atoms with Crippen molar-refractivity contribution in [1.82, 2.24) is 0 Å². The molecule has 0 amide bonds. The van der Waals surface area contributed by atoms with Gasteiger partial charge in [-0.1, -0.05) is 29.3 Å². The van der Waals surface area contributed by atoms with Gasteiger partial charge in [-0.25, -0.2) is 0 Å². The summed E-state index contributed by atoms with van der Waals surface area (Å²) < 4.78 is 11.0. The van der Waals surface area contributed by atoms with Crippen LogP contribution in [0.3, 0.4) is 0 Å². The smallest absolute Gasteiger partial charge is 0.156 e. The normalized spacial score (nSPS) is 29.6. The number of hydrogen-bond acceptors (Lipinski definition) is 3. The van der Waals surface area contributed by atoms with Crippen LogP contribution in [0.5, 0.6) is 0 Å². The van der Waals surface area contributed by atoms with E-state index in [2.05, 4.69) is 0 Å². The van der Waals surface area contributed by atoms with Crippen molar-refractivity contribution in [3.05, 3.63) is 33.8 Å². The van der Waals surface area contributed by atoms with E-state index in [0.717, 1.165) is 5.56 Å². The molecule has 1 aromatic rings. The zero-order valence-electron chi connectivity index (χ0n) is 8.69. The Hall–Kier alpha value is -0.320. The van der Waals surface area contributed by atoms with Crippen LogP contribution in [-0.2, 0) is 9.47 Å². The van der Waals surface area contributed by atoms with Gasteiger partial charge in [0.05, 0.1) is 6.61 Å². The highest BCUT2D eigenvalue weighted by atomic mass is 35.5. The molecule has 1 unspecified atom stereocenters. The molecule has 1 saturated heterocycles. The van der Waals surface area contributed by atoms with E-state index in [0.29, 0.717) is 10.0 Å². The first-order valence-electron chi connectivity index (χ1n) is 4.98. The van der Waals surface area contributed by atoms with Gasteiger partial charge in [-0.05, 0) is 19.1 Å². The van der Waals surface area contributed by atoms with Crippen molar-refractivity contribution in [3.8, 4) is 0 Å². The monoisotopic (exact) mass is 262 g/mol. The number of hydrogen-bond donors (Lipinski definition) is 1. The maximum atomic E-state index is 9.19. The first kappa shape index (κ1) is 12.1. The second-order valence-electron chi connectivity index (χ2n) is 3.65. The SMILES string of the molecule is CC1O[C@H](c2ccc(Cl)cc2Cl)[C@@H](CO)O1. The van der Waals surface area contributed by atoms with Gasteiger partial charge >= 0.3 is 0 Å². The van der Waals surface area contributed by atoms with Crippen molar-refractivity contribution in [1.29, 1.82) is 0 Å². The number of halogens is 2. The third-order valence-corrected chi connectivity index (χ3v) is 3.05. The highest BCUT2D eigenvalue weighted by Crippen LogP contribution is 2.36. The van der Waals surface area contributed by atoms with Crippen molar-refractivity contribution in [2.45, 2.75) is 25.4 Å². The Morgan fingerprint density at radius 3 is 2.69 bits per heavy atom. The molecule has 0 spiro atoms. The van der Waals surface area contributed by atoms with Crippen LogP contribution in [-0.4, -0.2) is 24.1 Å². The summed E-state index contributed by atoms with van der Waals surface area (Å²) in [7, 11) is 0. The number of aliphatic hydroxyl groups is 1. The predicted molar refractivity (Wildman–Crippen MR) is 61.7 cm³/mol. The van der Waals surface area contributed by atoms with Crippen LogP contribution < -0.4 is 0 Å². The molecule has 1 aliphatic rings. The summed E-state index contributed by atoms with van der Waals surface area (Å²) in [4.78, 5) is 0. The summed E-state index contributed by atoms with van der Waals surface area (Å²) in [6.45, 7) is 1.68. The fourth-order valence-corrected chi connectivity index (χ4v) is 2.30. The maximum Gasteiger partial charge on any atom is 0.156 e. The molecule has 0 aromatic heterocycles. The van der Waals surface area contributed by atoms with E-state index < -0.39 is 0 Å². The topological polar surface area (TPSA) is 38.7 Å². The lowest BCUT2D eigenvalue weighted by Gasteiger charge is -2.16. The van der Waals surface area contributed by atoms with Gasteiger partial charge in [0.1, 0.15) is 12.2 Å². The molecular weight excluding hydrogens is 251 g/mol. The lowest BCUT2D eigenvalue weighted by atomic mass is 10.1. The average Bonchev–Trinajstić information content (AvgIpc) is 2.59. The molecule has 1 aromatic carbocycles. The Labute approximate surface area is 104 Å². The van der Waals surface area contributed by atoms with E-state index in [-0.39, 0.29) is 25.1 Å². The number of benzene rings is 1. The minimum absolute atomic E-state index is 0.103. The minimum Gasteiger partial charge on any atom is -0.394 e. The number of rotatable bonds is 2. The molecule has 1 aliphatic heterocycles. The fourth-order valence-electron chi connectivity index (χ4n) is 1.79. The largest absolute Gasteiger partial charge is 0.394 e. The first-order chi connectivity index (χ1) is 7.61. The third kappa shape index (κ3) is 2.34. The maximum absolute atomic E-state index is 9.19. The lowest BCUT2D eigenvalue weighted by molar-refractivity contribution is -0.0563. The molecule has 0 radical (unpaired) electrons. The van der Waals surface area contributed by atoms with Crippen molar-refractivity contribution in [2.24, 2.45) is 0 Å². The molecule has 3 nitrogen and oxygen atoms in total. The van der Waals surface area contributed by atoms with Gasteiger partial charge in [-0.3, -0.25) is 0 Å². The summed E-state index contributed by atoms with van der Waals surface area (Å²) >= 11 is 11.9. The highest BCUT2D eigenvalue weighted by molar-refractivity contribution is 6.35. The van der Waals surface area contributed by atoms with Gasteiger partial charge in [0.15, 0.2) is 6.29 Å². The summed E-state index contributed by atoms with van der Waals surface area (Å²) in [6.07, 6.45) is -1.06. The second kappa shape index (κ2) is 4.90. The van der Waals surface area contributed by atoms with Crippen LogP contribution in [0.25, 0.3) is 0 Å². The van der Waals surface area contributed by atoms with E-state index in [9.17, 15) is 5.11 Å². The zero-order chi connectivity index (χ0) is 11.7.